The van der Waals surface area contributed by atoms with Gasteiger partial charge in [0.25, 0.3) is 0 Å². The molecule has 0 fully saturated rings. The Bertz CT molecular complexity index is 817. The molecule has 0 unspecified atom stereocenters. The lowest BCUT2D eigenvalue weighted by atomic mass is 10.1. The molecule has 0 N–H and O–H groups in total. The quantitative estimate of drug-likeness (QED) is 0.236. The molecular weight excluding hydrogens is 476 g/mol. The van der Waals surface area contributed by atoms with Crippen molar-refractivity contribution in [1.29, 1.82) is 0 Å². The smallest absolute Gasteiger partial charge is 0.300 e. The maximum Gasteiger partial charge on any atom is 0.319 e. The monoisotopic (exact) mass is 533 g/mol. The van der Waals surface area contributed by atoms with E-state index in [1.165, 1.54) is 65.2 Å². The Balaban J connectivity index is -0.000000556. The van der Waals surface area contributed by atoms with E-state index >= 15 is 0 Å². The van der Waals surface area contributed by atoms with Crippen LogP contribution >= 0.6 is 0 Å². The third kappa shape index (κ3) is 22.7. The number of rotatable bonds is 9. The summed E-state index contributed by atoms with van der Waals surface area (Å²) in [5.74, 6) is 0.167. The summed E-state index contributed by atoms with van der Waals surface area (Å²) in [6, 6.07) is 14.5. The van der Waals surface area contributed by atoms with Gasteiger partial charge in [0, 0.05) is 11.4 Å². The molecule has 0 aliphatic carbocycles. The lowest BCUT2D eigenvalue weighted by molar-refractivity contribution is -0.115. The Hall–Kier alpha value is -2.49. The van der Waals surface area contributed by atoms with Gasteiger partial charge in [-0.25, -0.2) is 0 Å². The van der Waals surface area contributed by atoms with Crippen molar-refractivity contribution >= 4 is 17.2 Å². The average molecular weight is 534 g/mol. The third-order valence-electron chi connectivity index (χ3n) is 5.17. The van der Waals surface area contributed by atoms with Crippen LogP contribution in [0.15, 0.2) is 55.1 Å². The van der Waals surface area contributed by atoms with Crippen LogP contribution in [0, 0.1) is 13.8 Å². The molecule has 4 heteroatoms. The standard InChI is InChI=1S/C17H17F2N.C6H14.2C4H10.C3H6O/c1-12-7-6-9-15(11-12)14(3)20(17(18)19)16-10-5-4-8-13(16)2;1-3-5-6-4-2;2*1-3-4-2;1-3(2)4/h4-11,17H,3H2,1-2H3;3-6H2,1-2H3;2*3-4H2,1-2H3;1-2H3. The number of hydrogen-bond acceptors (Lipinski definition) is 2. The van der Waals surface area contributed by atoms with Crippen LogP contribution in [0.4, 0.5) is 14.5 Å². The highest BCUT2D eigenvalue weighted by Crippen LogP contribution is 2.31. The van der Waals surface area contributed by atoms with Crippen LogP contribution in [0.3, 0.4) is 0 Å². The highest BCUT2D eigenvalue weighted by molar-refractivity contribution is 5.79. The molecule has 38 heavy (non-hydrogen) atoms. The van der Waals surface area contributed by atoms with Crippen molar-refractivity contribution in [3.63, 3.8) is 0 Å². The topological polar surface area (TPSA) is 20.3 Å². The maximum absolute atomic E-state index is 13.5. The normalized spacial score (nSPS) is 9.29. The van der Waals surface area contributed by atoms with E-state index in [-0.39, 0.29) is 5.78 Å². The van der Waals surface area contributed by atoms with E-state index in [1.54, 1.807) is 18.2 Å². The number of para-hydroxylation sites is 1. The van der Waals surface area contributed by atoms with Gasteiger partial charge in [0.05, 0.1) is 0 Å². The summed E-state index contributed by atoms with van der Waals surface area (Å²) in [6.07, 6.45) is 10.8. The molecule has 0 aromatic heterocycles. The zero-order chi connectivity index (χ0) is 29.9. The number of carbonyl (C=O) groups is 1. The van der Waals surface area contributed by atoms with E-state index in [2.05, 4.69) is 48.1 Å². The molecule has 0 spiro atoms. The summed E-state index contributed by atoms with van der Waals surface area (Å²) >= 11 is 0. The second kappa shape index (κ2) is 27.5. The van der Waals surface area contributed by atoms with Crippen LogP contribution in [0.1, 0.15) is 123 Å². The number of anilines is 1. The molecule has 2 rings (SSSR count). The Kier molecular flexibility index (Phi) is 29.0. The third-order valence-corrected chi connectivity index (χ3v) is 5.17. The van der Waals surface area contributed by atoms with Crippen molar-refractivity contribution in [1.82, 2.24) is 0 Å². The van der Waals surface area contributed by atoms with Gasteiger partial charge in [0.15, 0.2) is 0 Å². The molecule has 0 amide bonds. The van der Waals surface area contributed by atoms with Crippen LogP contribution in [-0.2, 0) is 4.79 Å². The minimum Gasteiger partial charge on any atom is -0.300 e. The van der Waals surface area contributed by atoms with E-state index in [4.69, 9.17) is 0 Å². The molecule has 0 heterocycles. The minimum absolute atomic E-state index is 0.167. The Morgan fingerprint density at radius 1 is 0.763 bits per heavy atom. The Morgan fingerprint density at radius 3 is 1.55 bits per heavy atom. The molecule has 2 nitrogen and oxygen atoms in total. The van der Waals surface area contributed by atoms with Gasteiger partial charge >= 0.3 is 6.55 Å². The van der Waals surface area contributed by atoms with Crippen LogP contribution in [0.5, 0.6) is 0 Å². The molecule has 2 aromatic carbocycles. The van der Waals surface area contributed by atoms with Gasteiger partial charge < -0.3 is 4.79 Å². The summed E-state index contributed by atoms with van der Waals surface area (Å²) in [6.45, 7) is 21.2. The highest BCUT2D eigenvalue weighted by atomic mass is 19.3. The van der Waals surface area contributed by atoms with Crippen LogP contribution in [-0.4, -0.2) is 12.3 Å². The molecule has 0 aliphatic rings. The molecule has 0 saturated heterocycles. The van der Waals surface area contributed by atoms with Gasteiger partial charge in [0.2, 0.25) is 0 Å². The first kappa shape index (κ1) is 40.0. The zero-order valence-electron chi connectivity index (χ0n) is 26.2. The Morgan fingerprint density at radius 2 is 1.21 bits per heavy atom. The van der Waals surface area contributed by atoms with Gasteiger partial charge in [0.1, 0.15) is 5.78 Å². The molecule has 218 valence electrons. The Labute approximate surface area is 234 Å². The summed E-state index contributed by atoms with van der Waals surface area (Å²) in [5, 5.41) is 0. The number of carbonyl (C=O) groups excluding carboxylic acids is 1. The fourth-order valence-corrected chi connectivity index (χ4v) is 2.67. The fraction of sp³-hybridized carbons (Fsp3) is 0.559. The van der Waals surface area contributed by atoms with Gasteiger partial charge in [-0.05, 0) is 51.0 Å². The van der Waals surface area contributed by atoms with Crippen molar-refractivity contribution in [3.05, 3.63) is 71.8 Å². The van der Waals surface area contributed by atoms with E-state index in [1.807, 2.05) is 44.2 Å². The number of halogens is 2. The number of unbranched alkanes of at least 4 members (excludes halogenated alkanes) is 5. The number of aryl methyl sites for hydroxylation is 2. The summed E-state index contributed by atoms with van der Waals surface area (Å²) < 4.78 is 26.9. The average Bonchev–Trinajstić information content (AvgIpc) is 2.88. The molecule has 0 aliphatic heterocycles. The molecule has 0 bridgehead atoms. The first-order valence-corrected chi connectivity index (χ1v) is 14.3. The van der Waals surface area contributed by atoms with E-state index in [9.17, 15) is 13.6 Å². The van der Waals surface area contributed by atoms with Crippen molar-refractivity contribution in [2.75, 3.05) is 4.90 Å². The molecule has 0 saturated carbocycles. The number of hydrogen-bond donors (Lipinski definition) is 0. The largest absolute Gasteiger partial charge is 0.319 e. The number of ketones is 1. The van der Waals surface area contributed by atoms with Crippen molar-refractivity contribution in [2.24, 2.45) is 0 Å². The van der Waals surface area contributed by atoms with E-state index in [0.29, 0.717) is 16.9 Å². The first-order valence-electron chi connectivity index (χ1n) is 14.3. The highest BCUT2D eigenvalue weighted by Gasteiger charge is 2.22. The summed E-state index contributed by atoms with van der Waals surface area (Å²) in [7, 11) is 0. The minimum atomic E-state index is -2.64. The predicted octanol–water partition coefficient (Wildman–Crippen LogP) is 11.8. The second-order valence-corrected chi connectivity index (χ2v) is 9.37. The lowest BCUT2D eigenvalue weighted by Gasteiger charge is -2.27. The zero-order valence-corrected chi connectivity index (χ0v) is 26.2. The number of alkyl halides is 2. The second-order valence-electron chi connectivity index (χ2n) is 9.37. The van der Waals surface area contributed by atoms with Crippen LogP contribution in [0.2, 0.25) is 0 Å². The maximum atomic E-state index is 13.5. The van der Waals surface area contributed by atoms with Crippen molar-refractivity contribution in [2.45, 2.75) is 127 Å². The van der Waals surface area contributed by atoms with Gasteiger partial charge in [-0.2, -0.15) is 8.78 Å². The number of benzene rings is 2. The van der Waals surface area contributed by atoms with Gasteiger partial charge in [-0.15, -0.1) is 0 Å². The van der Waals surface area contributed by atoms with Crippen LogP contribution in [0.25, 0.3) is 5.70 Å². The fourth-order valence-electron chi connectivity index (χ4n) is 2.67. The van der Waals surface area contributed by atoms with Crippen molar-refractivity contribution in [3.8, 4) is 0 Å². The number of Topliss-reactive ketones (excluding diaryl/α,β-unsaturated/α-hetero) is 1. The summed E-state index contributed by atoms with van der Waals surface area (Å²) in [5.41, 5.74) is 3.30. The van der Waals surface area contributed by atoms with Crippen LogP contribution < -0.4 is 4.90 Å². The molecule has 2 aromatic rings. The lowest BCUT2D eigenvalue weighted by Crippen LogP contribution is -2.27. The molecule has 0 radical (unpaired) electrons. The van der Waals surface area contributed by atoms with E-state index < -0.39 is 6.55 Å². The summed E-state index contributed by atoms with van der Waals surface area (Å²) in [4.78, 5) is 10.4. The van der Waals surface area contributed by atoms with E-state index in [0.717, 1.165) is 16.0 Å². The predicted molar refractivity (Wildman–Crippen MR) is 167 cm³/mol. The van der Waals surface area contributed by atoms with Gasteiger partial charge in [-0.3, -0.25) is 4.90 Å². The first-order chi connectivity index (χ1) is 18.0. The molecular formula is C34H57F2NO. The van der Waals surface area contributed by atoms with Gasteiger partial charge in [-0.1, -0.05) is 141 Å². The van der Waals surface area contributed by atoms with Crippen molar-refractivity contribution < 1.29 is 13.6 Å². The number of nitrogens with zero attached hydrogens (tertiary/aromatic N) is 1. The molecule has 0 atom stereocenters. The SMILES string of the molecule is C=C(c1cccc(C)c1)N(c1ccccc1C)C(F)F.CC(C)=O.CCCC.CCCC.CCCCCC.